The van der Waals surface area contributed by atoms with E-state index in [1.54, 1.807) is 0 Å². The first-order chi connectivity index (χ1) is 16.6. The van der Waals surface area contributed by atoms with E-state index in [9.17, 15) is 4.79 Å². The number of esters is 1. The van der Waals surface area contributed by atoms with Crippen LogP contribution < -0.4 is 4.74 Å². The molecule has 3 heteroatoms. The molecule has 0 aliphatic carbocycles. The van der Waals surface area contributed by atoms with E-state index in [4.69, 9.17) is 9.47 Å². The minimum atomic E-state index is -0.170. The fourth-order valence-electron chi connectivity index (χ4n) is 4.12. The van der Waals surface area contributed by atoms with Crippen molar-refractivity contribution >= 4 is 5.97 Å². The van der Waals surface area contributed by atoms with E-state index in [-0.39, 0.29) is 18.7 Å². The fourth-order valence-corrected chi connectivity index (χ4v) is 4.12. The Bertz CT molecular complexity index is 779. The van der Waals surface area contributed by atoms with Crippen molar-refractivity contribution < 1.29 is 14.3 Å². The number of hydrogen-bond acceptors (Lipinski definition) is 3. The van der Waals surface area contributed by atoms with Gasteiger partial charge in [0.25, 0.3) is 0 Å². The third-order valence-electron chi connectivity index (χ3n) is 6.26. The molecule has 3 nitrogen and oxygen atoms in total. The highest BCUT2D eigenvalue weighted by molar-refractivity contribution is 5.69. The predicted octanol–water partition coefficient (Wildman–Crippen LogP) is 8.93. The van der Waals surface area contributed by atoms with Gasteiger partial charge in [-0.3, -0.25) is 4.79 Å². The first-order valence-corrected chi connectivity index (χ1v) is 13.6. The molecular weight excluding hydrogens is 420 g/mol. The molecule has 0 aromatic heterocycles. The van der Waals surface area contributed by atoms with Crippen LogP contribution >= 0.6 is 0 Å². The summed E-state index contributed by atoms with van der Waals surface area (Å²) in [6.07, 6.45) is 15.2. The molecule has 0 aliphatic heterocycles. The molecule has 2 aromatic carbocycles. The largest absolute Gasteiger partial charge is 0.487 e. The first-order valence-electron chi connectivity index (χ1n) is 13.6. The van der Waals surface area contributed by atoms with Crippen LogP contribution in [0.1, 0.15) is 103 Å². The van der Waals surface area contributed by atoms with Gasteiger partial charge in [-0.1, -0.05) is 108 Å². The number of ether oxygens (including phenoxy) is 2. The summed E-state index contributed by atoms with van der Waals surface area (Å²) in [6, 6.07) is 17.1. The topological polar surface area (TPSA) is 35.5 Å². The van der Waals surface area contributed by atoms with Gasteiger partial charge in [-0.2, -0.15) is 0 Å². The molecule has 2 aromatic rings. The normalized spacial score (nSPS) is 11.9. The summed E-state index contributed by atoms with van der Waals surface area (Å²) < 4.78 is 11.3. The molecule has 0 saturated heterocycles. The molecule has 0 heterocycles. The van der Waals surface area contributed by atoms with E-state index in [1.165, 1.54) is 80.9 Å². The summed E-state index contributed by atoms with van der Waals surface area (Å²) in [5.41, 5.74) is 3.82. The summed E-state index contributed by atoms with van der Waals surface area (Å²) in [7, 11) is 0. The summed E-state index contributed by atoms with van der Waals surface area (Å²) in [6.45, 7) is 6.68. The molecule has 0 spiro atoms. The van der Waals surface area contributed by atoms with E-state index < -0.39 is 0 Å². The van der Waals surface area contributed by atoms with E-state index in [0.717, 1.165) is 18.6 Å². The van der Waals surface area contributed by atoms with Crippen molar-refractivity contribution in [2.45, 2.75) is 110 Å². The molecule has 0 bridgehead atoms. The van der Waals surface area contributed by atoms with Gasteiger partial charge >= 0.3 is 5.97 Å². The monoisotopic (exact) mass is 466 g/mol. The maximum absolute atomic E-state index is 11.9. The Morgan fingerprint density at radius 1 is 0.706 bits per heavy atom. The number of carbonyl (C=O) groups excluding carboxylic acids is 1. The summed E-state index contributed by atoms with van der Waals surface area (Å²) in [5, 5.41) is 0. The van der Waals surface area contributed by atoms with Crippen LogP contribution in [0.3, 0.4) is 0 Å². The standard InChI is InChI=1S/C31H46O3/c1-4-6-8-10-12-13-15-27-17-19-28(20-18-27)29-21-23-30(24-22-29)34-26(3)25-33-31(32)16-14-11-9-7-5-2/h17-24,26H,4-16,25H2,1-3H3. The summed E-state index contributed by atoms with van der Waals surface area (Å²) in [5.74, 6) is 0.675. The third-order valence-corrected chi connectivity index (χ3v) is 6.26. The minimum absolute atomic E-state index is 0.123. The van der Waals surface area contributed by atoms with Crippen LogP contribution in [-0.2, 0) is 16.0 Å². The molecule has 0 fully saturated rings. The second-order valence-electron chi connectivity index (χ2n) is 9.51. The van der Waals surface area contributed by atoms with Crippen molar-refractivity contribution in [1.82, 2.24) is 0 Å². The van der Waals surface area contributed by atoms with Gasteiger partial charge in [-0.25, -0.2) is 0 Å². The van der Waals surface area contributed by atoms with Crippen molar-refractivity contribution in [3.05, 3.63) is 54.1 Å². The van der Waals surface area contributed by atoms with Gasteiger partial charge in [0, 0.05) is 6.42 Å². The van der Waals surface area contributed by atoms with E-state index in [1.807, 2.05) is 19.1 Å². The average Bonchev–Trinajstić information content (AvgIpc) is 2.86. The molecule has 188 valence electrons. The molecule has 0 radical (unpaired) electrons. The zero-order valence-electron chi connectivity index (χ0n) is 21.8. The Morgan fingerprint density at radius 3 is 1.85 bits per heavy atom. The molecule has 2 rings (SSSR count). The first kappa shape index (κ1) is 28.0. The highest BCUT2D eigenvalue weighted by Crippen LogP contribution is 2.24. The van der Waals surface area contributed by atoms with E-state index in [2.05, 4.69) is 50.2 Å². The lowest BCUT2D eigenvalue weighted by molar-refractivity contribution is -0.146. The Labute approximate surface area is 208 Å². The van der Waals surface area contributed by atoms with Crippen molar-refractivity contribution in [1.29, 1.82) is 0 Å². The van der Waals surface area contributed by atoms with Crippen LogP contribution in [0.25, 0.3) is 11.1 Å². The Balaban J connectivity index is 1.69. The third kappa shape index (κ3) is 11.7. The quantitative estimate of drug-likeness (QED) is 0.162. The molecule has 0 aliphatic rings. The zero-order valence-corrected chi connectivity index (χ0v) is 21.8. The van der Waals surface area contributed by atoms with Gasteiger partial charge < -0.3 is 9.47 Å². The van der Waals surface area contributed by atoms with Gasteiger partial charge in [0.1, 0.15) is 18.5 Å². The molecule has 0 amide bonds. The van der Waals surface area contributed by atoms with Crippen molar-refractivity contribution in [2.24, 2.45) is 0 Å². The highest BCUT2D eigenvalue weighted by Gasteiger charge is 2.09. The van der Waals surface area contributed by atoms with Crippen LogP contribution in [0.4, 0.5) is 0 Å². The van der Waals surface area contributed by atoms with Crippen molar-refractivity contribution in [2.75, 3.05) is 6.61 Å². The molecule has 0 N–H and O–H groups in total. The number of benzene rings is 2. The summed E-state index contributed by atoms with van der Waals surface area (Å²) >= 11 is 0. The van der Waals surface area contributed by atoms with Crippen LogP contribution in [-0.4, -0.2) is 18.7 Å². The van der Waals surface area contributed by atoms with Gasteiger partial charge in [0.05, 0.1) is 0 Å². The number of aryl methyl sites for hydroxylation is 1. The lowest BCUT2D eigenvalue weighted by Crippen LogP contribution is -2.21. The fraction of sp³-hybridized carbons (Fsp3) is 0.581. The Hall–Kier alpha value is -2.29. The Kier molecular flexibility index (Phi) is 14.1. The van der Waals surface area contributed by atoms with Gasteiger partial charge in [0.15, 0.2) is 0 Å². The second kappa shape index (κ2) is 17.2. The lowest BCUT2D eigenvalue weighted by atomic mass is 10.0. The maximum atomic E-state index is 11.9. The number of rotatable bonds is 18. The SMILES string of the molecule is CCCCCCCCc1ccc(-c2ccc(OC(C)COC(=O)CCCCCCC)cc2)cc1. The smallest absolute Gasteiger partial charge is 0.305 e. The van der Waals surface area contributed by atoms with Crippen molar-refractivity contribution in [3.63, 3.8) is 0 Å². The van der Waals surface area contributed by atoms with Gasteiger partial charge in [0.2, 0.25) is 0 Å². The van der Waals surface area contributed by atoms with Crippen LogP contribution in [0.5, 0.6) is 5.75 Å². The van der Waals surface area contributed by atoms with E-state index in [0.29, 0.717) is 6.42 Å². The number of carbonyl (C=O) groups is 1. The van der Waals surface area contributed by atoms with Crippen LogP contribution in [0, 0.1) is 0 Å². The molecule has 1 unspecified atom stereocenters. The molecule has 0 saturated carbocycles. The van der Waals surface area contributed by atoms with Crippen molar-refractivity contribution in [3.8, 4) is 16.9 Å². The Morgan fingerprint density at radius 2 is 1.24 bits per heavy atom. The molecule has 1 atom stereocenters. The maximum Gasteiger partial charge on any atom is 0.305 e. The minimum Gasteiger partial charge on any atom is -0.487 e. The lowest BCUT2D eigenvalue weighted by Gasteiger charge is -2.15. The van der Waals surface area contributed by atoms with Crippen LogP contribution in [0.15, 0.2) is 48.5 Å². The summed E-state index contributed by atoms with van der Waals surface area (Å²) in [4.78, 5) is 11.9. The molecule has 34 heavy (non-hydrogen) atoms. The zero-order chi connectivity index (χ0) is 24.4. The number of hydrogen-bond donors (Lipinski definition) is 0. The highest BCUT2D eigenvalue weighted by atomic mass is 16.6. The average molecular weight is 467 g/mol. The second-order valence-corrected chi connectivity index (χ2v) is 9.51. The van der Waals surface area contributed by atoms with Gasteiger partial charge in [-0.15, -0.1) is 0 Å². The predicted molar refractivity (Wildman–Crippen MR) is 143 cm³/mol. The molecular formula is C31H46O3. The van der Waals surface area contributed by atoms with Gasteiger partial charge in [-0.05, 0) is 55.0 Å². The van der Waals surface area contributed by atoms with Crippen LogP contribution in [0.2, 0.25) is 0 Å². The number of unbranched alkanes of at least 4 members (excludes halogenated alkanes) is 9. The van der Waals surface area contributed by atoms with E-state index >= 15 is 0 Å².